The molecule has 0 aliphatic carbocycles. The Kier molecular flexibility index (Phi) is 3.04. The summed E-state index contributed by atoms with van der Waals surface area (Å²) < 4.78 is 61.0. The van der Waals surface area contributed by atoms with E-state index in [1.807, 2.05) is 0 Å². The summed E-state index contributed by atoms with van der Waals surface area (Å²) in [6, 6.07) is 2.53. The summed E-state index contributed by atoms with van der Waals surface area (Å²) in [5.41, 5.74) is -4.86. The van der Waals surface area contributed by atoms with Gasteiger partial charge in [-0.3, -0.25) is 0 Å². The van der Waals surface area contributed by atoms with Gasteiger partial charge in [0.2, 0.25) is 11.6 Å². The van der Waals surface area contributed by atoms with E-state index >= 15 is 0 Å². The summed E-state index contributed by atoms with van der Waals surface area (Å²) in [5.74, 6) is -0.651. The molecule has 0 amide bonds. The Hall–Kier alpha value is -1.44. The first-order valence-electron chi connectivity index (χ1n) is 3.93. The molecule has 0 atom stereocenters. The highest BCUT2D eigenvalue weighted by Crippen LogP contribution is 2.26. The van der Waals surface area contributed by atoms with Gasteiger partial charge >= 0.3 is 15.6 Å². The van der Waals surface area contributed by atoms with Gasteiger partial charge in [0.15, 0.2) is 0 Å². The number of hydrogen-bond acceptors (Lipinski definition) is 4. The van der Waals surface area contributed by atoms with E-state index in [0.717, 1.165) is 6.07 Å². The topological polar surface area (TPSA) is 56.3 Å². The molecule has 1 heterocycles. The fraction of sp³-hybridized carbons (Fsp3) is 0.250. The van der Waals surface area contributed by atoms with Crippen molar-refractivity contribution in [3.8, 4) is 5.88 Å². The maximum Gasteiger partial charge on any atom is 0.534 e. The normalized spacial score (nSPS) is 12.5. The van der Waals surface area contributed by atoms with Crippen LogP contribution in [0.2, 0.25) is 0 Å². The fourth-order valence-corrected chi connectivity index (χ4v) is 1.31. The molecule has 0 aliphatic rings. The number of aryl methyl sites for hydroxylation is 1. The first kappa shape index (κ1) is 12.6. The van der Waals surface area contributed by atoms with E-state index < -0.39 is 21.5 Å². The van der Waals surface area contributed by atoms with Crippen LogP contribution >= 0.6 is 0 Å². The van der Waals surface area contributed by atoms with Crippen molar-refractivity contribution in [2.24, 2.45) is 0 Å². The van der Waals surface area contributed by atoms with E-state index in [1.54, 1.807) is 6.92 Å². The van der Waals surface area contributed by atoms with Gasteiger partial charge in [-0.05, 0) is 6.92 Å². The van der Waals surface area contributed by atoms with Gasteiger partial charge in [0.05, 0.1) is 13.0 Å². The minimum absolute atomic E-state index is 0.118. The number of aromatic nitrogens is 1. The molecule has 0 radical (unpaired) electrons. The smallest absolute Gasteiger partial charge is 0.355 e. The van der Waals surface area contributed by atoms with Crippen molar-refractivity contribution in [3.63, 3.8) is 0 Å². The molecule has 0 spiro atoms. The van der Waals surface area contributed by atoms with Gasteiger partial charge in [-0.2, -0.15) is 26.6 Å². The summed E-state index contributed by atoms with van der Waals surface area (Å²) in [6.45, 7) is 4.91. The minimum Gasteiger partial charge on any atom is -0.355 e. The van der Waals surface area contributed by atoms with Crippen LogP contribution in [0.1, 0.15) is 11.3 Å². The second-order valence-corrected chi connectivity index (χ2v) is 4.50. The van der Waals surface area contributed by atoms with Gasteiger partial charge < -0.3 is 4.18 Å². The Morgan fingerprint density at radius 2 is 1.94 bits per heavy atom. The van der Waals surface area contributed by atoms with Crippen LogP contribution in [0.5, 0.6) is 5.88 Å². The van der Waals surface area contributed by atoms with E-state index in [4.69, 9.17) is 0 Å². The first-order chi connectivity index (χ1) is 7.12. The van der Waals surface area contributed by atoms with E-state index in [9.17, 15) is 21.6 Å². The van der Waals surface area contributed by atoms with Gasteiger partial charge in [0.25, 0.3) is 0 Å². The van der Waals surface area contributed by atoms with E-state index in [-0.39, 0.29) is 5.69 Å². The van der Waals surface area contributed by atoms with Crippen LogP contribution in [0.25, 0.3) is 0 Å². The lowest BCUT2D eigenvalue weighted by atomic mass is 10.2. The predicted octanol–water partition coefficient (Wildman–Crippen LogP) is 1.80. The van der Waals surface area contributed by atoms with Crippen molar-refractivity contribution < 1.29 is 25.8 Å². The highest BCUT2D eigenvalue weighted by atomic mass is 32.2. The number of halogens is 3. The van der Waals surface area contributed by atoms with Gasteiger partial charge in [-0.1, -0.05) is 0 Å². The SMILES string of the molecule is [CH2+]c1cc(C)cc(OS(=O)(=O)C(F)(F)F)n1. The van der Waals surface area contributed by atoms with E-state index in [0.29, 0.717) is 5.56 Å². The number of pyridine rings is 1. The third kappa shape index (κ3) is 2.78. The van der Waals surface area contributed by atoms with Crippen LogP contribution in [-0.2, 0) is 10.1 Å². The van der Waals surface area contributed by atoms with Crippen LogP contribution in [0.3, 0.4) is 0 Å². The van der Waals surface area contributed by atoms with Gasteiger partial charge in [-0.15, -0.1) is 0 Å². The molecule has 0 saturated heterocycles. The Morgan fingerprint density at radius 3 is 2.38 bits per heavy atom. The third-order valence-corrected chi connectivity index (χ3v) is 2.43. The lowest BCUT2D eigenvalue weighted by molar-refractivity contribution is -0.0501. The Labute approximate surface area is 90.2 Å². The molecule has 1 aromatic heterocycles. The lowest BCUT2D eigenvalue weighted by Crippen LogP contribution is -2.28. The summed E-state index contributed by atoms with van der Waals surface area (Å²) in [4.78, 5) is 3.42. The molecule has 0 saturated carbocycles. The van der Waals surface area contributed by atoms with Gasteiger partial charge in [0.1, 0.15) is 0 Å². The fourth-order valence-electron chi connectivity index (χ4n) is 0.908. The summed E-state index contributed by atoms with van der Waals surface area (Å²) in [7, 11) is -5.67. The minimum atomic E-state index is -5.67. The van der Waals surface area contributed by atoms with Crippen LogP contribution in [0.4, 0.5) is 13.2 Å². The molecule has 0 N–H and O–H groups in total. The Bertz CT molecular complexity index is 475. The number of rotatable bonds is 2. The van der Waals surface area contributed by atoms with Crippen molar-refractivity contribution in [1.82, 2.24) is 4.98 Å². The molecule has 8 heteroatoms. The molecule has 1 aromatic rings. The zero-order chi connectivity index (χ0) is 12.6. The van der Waals surface area contributed by atoms with Crippen LogP contribution in [-0.4, -0.2) is 18.9 Å². The average Bonchev–Trinajstić information content (AvgIpc) is 1.97. The maximum absolute atomic E-state index is 12.0. The van der Waals surface area contributed by atoms with Crippen molar-refractivity contribution in [2.45, 2.75) is 12.4 Å². The van der Waals surface area contributed by atoms with Crippen LogP contribution in [0, 0.1) is 13.8 Å². The highest BCUT2D eigenvalue weighted by Gasteiger charge is 2.48. The van der Waals surface area contributed by atoms with Crippen molar-refractivity contribution in [1.29, 1.82) is 0 Å². The third-order valence-electron chi connectivity index (χ3n) is 1.48. The lowest BCUT2D eigenvalue weighted by Gasteiger charge is -2.08. The Balaban J connectivity index is 3.07. The van der Waals surface area contributed by atoms with Crippen LogP contribution < -0.4 is 4.18 Å². The number of nitrogens with zero attached hydrogens (tertiary/aromatic N) is 1. The zero-order valence-corrected chi connectivity index (χ0v) is 8.89. The van der Waals surface area contributed by atoms with Gasteiger partial charge in [0, 0.05) is 11.6 Å². The van der Waals surface area contributed by atoms with E-state index in [2.05, 4.69) is 16.1 Å². The molecule has 0 bridgehead atoms. The van der Waals surface area contributed by atoms with Crippen molar-refractivity contribution >= 4 is 10.1 Å². The standard InChI is InChI=1S/C8H7F3NO3S/c1-5-3-6(2)12-7(4-5)15-16(13,14)8(9,10)11/h3-4H,2H2,1H3/q+1. The molecular weight excluding hydrogens is 247 g/mol. The second kappa shape index (κ2) is 3.85. The molecule has 16 heavy (non-hydrogen) atoms. The second-order valence-electron chi connectivity index (χ2n) is 2.96. The molecule has 0 unspecified atom stereocenters. The first-order valence-corrected chi connectivity index (χ1v) is 5.34. The summed E-state index contributed by atoms with van der Waals surface area (Å²) >= 11 is 0. The zero-order valence-electron chi connectivity index (χ0n) is 8.08. The average molecular weight is 254 g/mol. The number of hydrogen-bond donors (Lipinski definition) is 0. The summed E-state index contributed by atoms with van der Waals surface area (Å²) in [6.07, 6.45) is 0. The molecule has 0 aromatic carbocycles. The molecule has 0 fully saturated rings. The molecule has 88 valence electrons. The van der Waals surface area contributed by atoms with Crippen molar-refractivity contribution in [3.05, 3.63) is 30.3 Å². The van der Waals surface area contributed by atoms with E-state index in [1.165, 1.54) is 6.07 Å². The summed E-state index contributed by atoms with van der Waals surface area (Å²) in [5, 5.41) is 0. The van der Waals surface area contributed by atoms with Crippen LogP contribution in [0.15, 0.2) is 12.1 Å². The maximum atomic E-state index is 12.0. The highest BCUT2D eigenvalue weighted by molar-refractivity contribution is 7.87. The molecule has 0 aliphatic heterocycles. The monoisotopic (exact) mass is 254 g/mol. The molecular formula is C8H7F3NO3S+. The molecule has 1 rings (SSSR count). The van der Waals surface area contributed by atoms with Gasteiger partial charge in [-0.25, -0.2) is 0 Å². The quantitative estimate of drug-likeness (QED) is 0.459. The Morgan fingerprint density at radius 1 is 1.38 bits per heavy atom. The predicted molar refractivity (Wildman–Crippen MR) is 49.0 cm³/mol. The molecule has 4 nitrogen and oxygen atoms in total. The van der Waals surface area contributed by atoms with Crippen molar-refractivity contribution in [2.75, 3.05) is 0 Å². The largest absolute Gasteiger partial charge is 0.534 e. The number of alkyl halides is 3.